The highest BCUT2D eigenvalue weighted by molar-refractivity contribution is 7.47. The Hall–Kier alpha value is -1.82. The first-order valence-electron chi connectivity index (χ1n) is 6.91. The summed E-state index contributed by atoms with van der Waals surface area (Å²) in [5, 5.41) is 0. The Bertz CT molecular complexity index is 802. The number of hydrogen-bond donors (Lipinski definition) is 1. The predicted molar refractivity (Wildman–Crippen MR) is 83.8 cm³/mol. The van der Waals surface area contributed by atoms with Gasteiger partial charge in [-0.2, -0.15) is 13.2 Å². The van der Waals surface area contributed by atoms with Crippen molar-refractivity contribution in [2.45, 2.75) is 20.0 Å². The third kappa shape index (κ3) is 3.98. The van der Waals surface area contributed by atoms with Crippen LogP contribution in [0.2, 0.25) is 0 Å². The SMILES string of the molecule is COP(=O)(O)Oc1c(-c2cccc(C(F)(F)F)c2)ccc(C)c1C. The fraction of sp³-hybridized carbons (Fsp3) is 0.250. The van der Waals surface area contributed by atoms with Crippen molar-refractivity contribution in [2.75, 3.05) is 7.11 Å². The molecular formula is C16H16F3O4P. The Morgan fingerprint density at radius 1 is 1.12 bits per heavy atom. The molecule has 2 aromatic rings. The summed E-state index contributed by atoms with van der Waals surface area (Å²) in [5.74, 6) is 0.0157. The normalized spacial score (nSPS) is 14.3. The second kappa shape index (κ2) is 6.59. The fourth-order valence-electron chi connectivity index (χ4n) is 2.15. The predicted octanol–water partition coefficient (Wildman–Crippen LogP) is 5.11. The van der Waals surface area contributed by atoms with E-state index in [4.69, 9.17) is 4.52 Å². The number of alkyl halides is 3. The second-order valence-corrected chi connectivity index (χ2v) is 6.69. The van der Waals surface area contributed by atoms with E-state index in [-0.39, 0.29) is 16.9 Å². The van der Waals surface area contributed by atoms with E-state index in [0.717, 1.165) is 24.8 Å². The van der Waals surface area contributed by atoms with Crippen molar-refractivity contribution in [1.29, 1.82) is 0 Å². The minimum absolute atomic E-state index is 0.0157. The number of phosphoric acid groups is 1. The smallest absolute Gasteiger partial charge is 0.403 e. The van der Waals surface area contributed by atoms with E-state index in [9.17, 15) is 22.6 Å². The first kappa shape index (κ1) is 18.5. The highest BCUT2D eigenvalue weighted by Gasteiger charge is 2.31. The standard InChI is InChI=1S/C16H16F3O4P/c1-10-7-8-14(15(11(10)2)23-24(20,21)22-3)12-5-4-6-13(9-12)16(17,18)19/h4-9H,1-3H3,(H,20,21). The maximum absolute atomic E-state index is 12.9. The van der Waals surface area contributed by atoms with Gasteiger partial charge < -0.3 is 4.52 Å². The quantitative estimate of drug-likeness (QED) is 0.770. The summed E-state index contributed by atoms with van der Waals surface area (Å²) >= 11 is 0. The molecule has 1 unspecified atom stereocenters. The van der Waals surface area contributed by atoms with Gasteiger partial charge in [0.05, 0.1) is 5.56 Å². The van der Waals surface area contributed by atoms with Crippen LogP contribution >= 0.6 is 7.82 Å². The van der Waals surface area contributed by atoms with Crippen molar-refractivity contribution in [3.8, 4) is 16.9 Å². The van der Waals surface area contributed by atoms with Crippen LogP contribution in [-0.2, 0) is 15.3 Å². The average Bonchev–Trinajstić information content (AvgIpc) is 2.51. The molecule has 0 aromatic heterocycles. The van der Waals surface area contributed by atoms with Crippen LogP contribution in [0.25, 0.3) is 11.1 Å². The largest absolute Gasteiger partial charge is 0.527 e. The monoisotopic (exact) mass is 360 g/mol. The molecule has 0 spiro atoms. The molecular weight excluding hydrogens is 344 g/mol. The Labute approximate surface area is 137 Å². The van der Waals surface area contributed by atoms with Gasteiger partial charge in [-0.05, 0) is 42.7 Å². The van der Waals surface area contributed by atoms with Crippen LogP contribution in [0.15, 0.2) is 36.4 Å². The number of halogens is 3. The van der Waals surface area contributed by atoms with E-state index in [0.29, 0.717) is 5.56 Å². The summed E-state index contributed by atoms with van der Waals surface area (Å²) in [6, 6.07) is 7.91. The summed E-state index contributed by atoms with van der Waals surface area (Å²) in [7, 11) is -3.35. The molecule has 8 heteroatoms. The zero-order valence-corrected chi connectivity index (χ0v) is 14.1. The molecule has 1 N–H and O–H groups in total. The van der Waals surface area contributed by atoms with Crippen LogP contribution in [-0.4, -0.2) is 12.0 Å². The minimum atomic E-state index is -4.49. The van der Waals surface area contributed by atoms with Gasteiger partial charge in [-0.25, -0.2) is 4.57 Å². The molecule has 0 radical (unpaired) electrons. The van der Waals surface area contributed by atoms with Crippen LogP contribution in [0, 0.1) is 13.8 Å². The molecule has 130 valence electrons. The molecule has 24 heavy (non-hydrogen) atoms. The Morgan fingerprint density at radius 3 is 2.38 bits per heavy atom. The van der Waals surface area contributed by atoms with Gasteiger partial charge in [-0.15, -0.1) is 0 Å². The molecule has 0 amide bonds. The van der Waals surface area contributed by atoms with Gasteiger partial charge in [0.25, 0.3) is 0 Å². The van der Waals surface area contributed by atoms with E-state index in [1.807, 2.05) is 0 Å². The Kier molecular flexibility index (Phi) is 5.08. The lowest BCUT2D eigenvalue weighted by Crippen LogP contribution is -2.05. The van der Waals surface area contributed by atoms with Crippen LogP contribution in [0.4, 0.5) is 13.2 Å². The van der Waals surface area contributed by atoms with Crippen molar-refractivity contribution < 1.29 is 31.7 Å². The molecule has 0 aliphatic rings. The number of rotatable bonds is 4. The van der Waals surface area contributed by atoms with Crippen molar-refractivity contribution in [3.05, 3.63) is 53.1 Å². The zero-order chi connectivity index (χ0) is 18.1. The van der Waals surface area contributed by atoms with Crippen molar-refractivity contribution >= 4 is 7.82 Å². The van der Waals surface area contributed by atoms with Crippen molar-refractivity contribution in [2.24, 2.45) is 0 Å². The maximum atomic E-state index is 12.9. The minimum Gasteiger partial charge on any atom is -0.403 e. The number of phosphoric ester groups is 1. The topological polar surface area (TPSA) is 55.8 Å². The van der Waals surface area contributed by atoms with Gasteiger partial charge in [0.2, 0.25) is 0 Å². The fourth-order valence-corrected chi connectivity index (χ4v) is 2.69. The van der Waals surface area contributed by atoms with E-state index in [1.165, 1.54) is 12.1 Å². The summed E-state index contributed by atoms with van der Waals surface area (Å²) in [5.41, 5.74) is 0.978. The highest BCUT2D eigenvalue weighted by atomic mass is 31.2. The van der Waals surface area contributed by atoms with Crippen LogP contribution in [0.1, 0.15) is 16.7 Å². The Morgan fingerprint density at radius 2 is 1.79 bits per heavy atom. The van der Waals surface area contributed by atoms with E-state index >= 15 is 0 Å². The lowest BCUT2D eigenvalue weighted by atomic mass is 9.97. The third-order valence-corrected chi connectivity index (χ3v) is 4.49. The van der Waals surface area contributed by atoms with Gasteiger partial charge in [0, 0.05) is 12.7 Å². The summed E-state index contributed by atoms with van der Waals surface area (Å²) in [6.07, 6.45) is -4.49. The van der Waals surface area contributed by atoms with E-state index in [2.05, 4.69) is 4.52 Å². The van der Waals surface area contributed by atoms with Gasteiger partial charge in [-0.1, -0.05) is 24.3 Å². The maximum Gasteiger partial charge on any atom is 0.527 e. The number of aryl methyl sites for hydroxylation is 1. The molecule has 1 atom stereocenters. The number of benzene rings is 2. The van der Waals surface area contributed by atoms with Crippen LogP contribution in [0.3, 0.4) is 0 Å². The molecule has 0 saturated carbocycles. The molecule has 2 aromatic carbocycles. The summed E-state index contributed by atoms with van der Waals surface area (Å²) in [6.45, 7) is 3.41. The zero-order valence-electron chi connectivity index (χ0n) is 13.2. The molecule has 0 aliphatic carbocycles. The molecule has 0 fully saturated rings. The molecule has 0 aliphatic heterocycles. The summed E-state index contributed by atoms with van der Waals surface area (Å²) < 4.78 is 60.0. The van der Waals surface area contributed by atoms with Gasteiger partial charge >= 0.3 is 14.0 Å². The van der Waals surface area contributed by atoms with Crippen LogP contribution < -0.4 is 4.52 Å². The molecule has 0 saturated heterocycles. The first-order chi connectivity index (χ1) is 11.0. The second-order valence-electron chi connectivity index (χ2n) is 5.21. The summed E-state index contributed by atoms with van der Waals surface area (Å²) in [4.78, 5) is 9.58. The van der Waals surface area contributed by atoms with Crippen molar-refractivity contribution in [3.63, 3.8) is 0 Å². The van der Waals surface area contributed by atoms with Crippen molar-refractivity contribution in [1.82, 2.24) is 0 Å². The Balaban J connectivity index is 2.63. The van der Waals surface area contributed by atoms with E-state index < -0.39 is 19.6 Å². The molecule has 0 heterocycles. The lowest BCUT2D eigenvalue weighted by Gasteiger charge is -2.18. The number of hydrogen-bond acceptors (Lipinski definition) is 3. The molecule has 0 bridgehead atoms. The lowest BCUT2D eigenvalue weighted by molar-refractivity contribution is -0.137. The molecule has 4 nitrogen and oxygen atoms in total. The van der Waals surface area contributed by atoms with Gasteiger partial charge in [0.1, 0.15) is 5.75 Å². The average molecular weight is 360 g/mol. The highest BCUT2D eigenvalue weighted by Crippen LogP contribution is 2.48. The first-order valence-corrected chi connectivity index (χ1v) is 8.40. The third-order valence-electron chi connectivity index (χ3n) is 3.61. The van der Waals surface area contributed by atoms with Gasteiger partial charge in [-0.3, -0.25) is 9.42 Å². The van der Waals surface area contributed by atoms with Gasteiger partial charge in [0.15, 0.2) is 0 Å². The van der Waals surface area contributed by atoms with E-state index in [1.54, 1.807) is 26.0 Å². The molecule has 2 rings (SSSR count). The van der Waals surface area contributed by atoms with Crippen LogP contribution in [0.5, 0.6) is 5.75 Å².